The number of benzene rings is 3. The molecule has 0 bridgehead atoms. The molecule has 0 heterocycles. The average Bonchev–Trinajstić information content (AvgIpc) is 2.79. The third kappa shape index (κ3) is 6.06. The zero-order chi connectivity index (χ0) is 21.2. The second kappa shape index (κ2) is 11.3. The minimum Gasteiger partial charge on any atom is -0.497 e. The zero-order valence-electron chi connectivity index (χ0n) is 16.9. The van der Waals surface area contributed by atoms with Crippen molar-refractivity contribution < 1.29 is 19.3 Å². The number of methoxy groups -OCH3 is 1. The maximum Gasteiger partial charge on any atom is 0.174 e. The quantitative estimate of drug-likeness (QED) is 0.459. The van der Waals surface area contributed by atoms with E-state index in [-0.39, 0.29) is 13.2 Å². The van der Waals surface area contributed by atoms with Gasteiger partial charge in [-0.25, -0.2) is 0 Å². The van der Waals surface area contributed by atoms with Gasteiger partial charge in [-0.1, -0.05) is 30.3 Å². The smallest absolute Gasteiger partial charge is 0.174 e. The van der Waals surface area contributed by atoms with Crippen LogP contribution in [0.15, 0.2) is 60.7 Å². The van der Waals surface area contributed by atoms with E-state index in [4.69, 9.17) is 19.5 Å². The molecule has 156 valence electrons. The van der Waals surface area contributed by atoms with E-state index in [1.165, 1.54) is 5.56 Å². The molecule has 6 heteroatoms. The van der Waals surface area contributed by atoms with Crippen molar-refractivity contribution in [2.45, 2.75) is 12.5 Å². The van der Waals surface area contributed by atoms with Crippen LogP contribution in [0.25, 0.3) is 10.8 Å². The first-order chi connectivity index (χ1) is 14.7. The molecule has 0 spiro atoms. The number of fused-ring (bicyclic) bond motifs is 1. The number of aryl methyl sites for hydroxylation is 1. The molecule has 5 nitrogen and oxygen atoms in total. The summed E-state index contributed by atoms with van der Waals surface area (Å²) in [5, 5.41) is 21.1. The maximum absolute atomic E-state index is 10.2. The molecule has 0 aliphatic heterocycles. The van der Waals surface area contributed by atoms with Gasteiger partial charge in [0.05, 0.1) is 13.2 Å². The fourth-order valence-corrected chi connectivity index (χ4v) is 4.01. The van der Waals surface area contributed by atoms with E-state index in [9.17, 15) is 5.11 Å². The molecule has 0 aliphatic carbocycles. The van der Waals surface area contributed by atoms with Gasteiger partial charge in [0.2, 0.25) is 0 Å². The largest absolute Gasteiger partial charge is 0.497 e. The molecule has 0 saturated heterocycles. The highest BCUT2D eigenvalue weighted by Gasteiger charge is 2.08. The molecule has 1 N–H and O–H groups in total. The number of nitrogens with zero attached hydrogens (tertiary/aromatic N) is 1. The van der Waals surface area contributed by atoms with Gasteiger partial charge >= 0.3 is 0 Å². The van der Waals surface area contributed by atoms with Crippen LogP contribution in [-0.4, -0.2) is 43.0 Å². The molecule has 3 rings (SSSR count). The third-order valence-electron chi connectivity index (χ3n) is 4.59. The second-order valence-electron chi connectivity index (χ2n) is 6.68. The number of thioether (sulfide) groups is 1. The van der Waals surface area contributed by atoms with Gasteiger partial charge in [0.15, 0.2) is 6.61 Å². The number of rotatable bonds is 11. The van der Waals surface area contributed by atoms with Crippen LogP contribution in [0, 0.1) is 11.3 Å². The van der Waals surface area contributed by atoms with Gasteiger partial charge in [-0.2, -0.15) is 17.0 Å². The summed E-state index contributed by atoms with van der Waals surface area (Å²) in [5.41, 5.74) is 1.23. The molecule has 0 aromatic heterocycles. The predicted molar refractivity (Wildman–Crippen MR) is 121 cm³/mol. The predicted octanol–water partition coefficient (Wildman–Crippen LogP) is 4.47. The SMILES string of the molecule is COc1ccc(OCC(O)CSCCc2cccc3c(OCC#N)cccc23)cc1. The number of hydrogen-bond acceptors (Lipinski definition) is 6. The minimum absolute atomic E-state index is 0.0374. The first-order valence-corrected chi connectivity index (χ1v) is 10.9. The fraction of sp³-hybridized carbons (Fsp3) is 0.292. The lowest BCUT2D eigenvalue weighted by atomic mass is 10.0. The second-order valence-corrected chi connectivity index (χ2v) is 7.83. The summed E-state index contributed by atoms with van der Waals surface area (Å²) >= 11 is 1.70. The zero-order valence-corrected chi connectivity index (χ0v) is 17.7. The number of nitriles is 1. The van der Waals surface area contributed by atoms with E-state index in [2.05, 4.69) is 12.1 Å². The lowest BCUT2D eigenvalue weighted by Gasteiger charge is -2.13. The van der Waals surface area contributed by atoms with Crippen LogP contribution < -0.4 is 14.2 Å². The van der Waals surface area contributed by atoms with Crippen LogP contribution in [0.4, 0.5) is 0 Å². The van der Waals surface area contributed by atoms with E-state index in [0.29, 0.717) is 11.5 Å². The van der Waals surface area contributed by atoms with Crippen LogP contribution in [0.2, 0.25) is 0 Å². The summed E-state index contributed by atoms with van der Waals surface area (Å²) in [6.45, 7) is 0.295. The summed E-state index contributed by atoms with van der Waals surface area (Å²) in [6, 6.07) is 21.4. The van der Waals surface area contributed by atoms with E-state index in [1.807, 2.05) is 54.6 Å². The molecule has 0 saturated carbocycles. The molecule has 3 aromatic carbocycles. The molecule has 3 aromatic rings. The Hall–Kier alpha value is -2.88. The third-order valence-corrected chi connectivity index (χ3v) is 5.71. The normalized spacial score (nSPS) is 11.6. The Bertz CT molecular complexity index is 985. The van der Waals surface area contributed by atoms with Crippen molar-refractivity contribution in [2.75, 3.05) is 31.8 Å². The van der Waals surface area contributed by atoms with Crippen molar-refractivity contribution in [3.63, 3.8) is 0 Å². The topological polar surface area (TPSA) is 71.7 Å². The van der Waals surface area contributed by atoms with Crippen molar-refractivity contribution in [1.29, 1.82) is 5.26 Å². The molecule has 1 atom stereocenters. The number of hydrogen-bond donors (Lipinski definition) is 1. The van der Waals surface area contributed by atoms with Crippen molar-refractivity contribution in [3.8, 4) is 23.3 Å². The minimum atomic E-state index is -0.532. The van der Waals surface area contributed by atoms with Crippen LogP contribution in [0.1, 0.15) is 5.56 Å². The van der Waals surface area contributed by atoms with Gasteiger partial charge in [0, 0.05) is 11.1 Å². The van der Waals surface area contributed by atoms with Crippen LogP contribution in [0.3, 0.4) is 0 Å². The molecule has 30 heavy (non-hydrogen) atoms. The lowest BCUT2D eigenvalue weighted by Crippen LogP contribution is -2.20. The number of aliphatic hydroxyl groups is 1. The fourth-order valence-electron chi connectivity index (χ4n) is 3.11. The van der Waals surface area contributed by atoms with Gasteiger partial charge in [-0.05, 0) is 53.5 Å². The highest BCUT2D eigenvalue weighted by atomic mass is 32.2. The molecular formula is C24H25NO4S. The van der Waals surface area contributed by atoms with Crippen molar-refractivity contribution >= 4 is 22.5 Å². The first kappa shape index (κ1) is 21.8. The Morgan fingerprint density at radius 1 is 0.967 bits per heavy atom. The van der Waals surface area contributed by atoms with Gasteiger partial charge in [-0.15, -0.1) is 0 Å². The summed E-state index contributed by atoms with van der Waals surface area (Å²) in [7, 11) is 1.62. The summed E-state index contributed by atoms with van der Waals surface area (Å²) in [5.74, 6) is 3.72. The molecule has 0 fully saturated rings. The number of ether oxygens (including phenoxy) is 3. The van der Waals surface area contributed by atoms with Crippen molar-refractivity contribution in [1.82, 2.24) is 0 Å². The monoisotopic (exact) mass is 423 g/mol. The van der Waals surface area contributed by atoms with Gasteiger partial charge in [-0.3, -0.25) is 0 Å². The van der Waals surface area contributed by atoms with E-state index < -0.39 is 6.10 Å². The summed E-state index contributed by atoms with van der Waals surface area (Å²) < 4.78 is 16.3. The highest BCUT2D eigenvalue weighted by molar-refractivity contribution is 7.99. The van der Waals surface area contributed by atoms with Gasteiger partial charge < -0.3 is 19.3 Å². The molecule has 0 radical (unpaired) electrons. The van der Waals surface area contributed by atoms with Crippen LogP contribution in [-0.2, 0) is 6.42 Å². The molecule has 0 aliphatic rings. The number of aliphatic hydroxyl groups excluding tert-OH is 1. The van der Waals surface area contributed by atoms with Gasteiger partial charge in [0.1, 0.15) is 29.9 Å². The van der Waals surface area contributed by atoms with E-state index in [0.717, 1.165) is 34.4 Å². The van der Waals surface area contributed by atoms with E-state index in [1.54, 1.807) is 18.9 Å². The van der Waals surface area contributed by atoms with Crippen LogP contribution >= 0.6 is 11.8 Å². The van der Waals surface area contributed by atoms with Crippen molar-refractivity contribution in [3.05, 3.63) is 66.2 Å². The van der Waals surface area contributed by atoms with Gasteiger partial charge in [0.25, 0.3) is 0 Å². The maximum atomic E-state index is 10.2. The summed E-state index contributed by atoms with van der Waals surface area (Å²) in [6.07, 6.45) is 0.353. The summed E-state index contributed by atoms with van der Waals surface area (Å²) in [4.78, 5) is 0. The first-order valence-electron chi connectivity index (χ1n) is 9.74. The molecular weight excluding hydrogens is 398 g/mol. The highest BCUT2D eigenvalue weighted by Crippen LogP contribution is 2.28. The Morgan fingerprint density at radius 2 is 1.70 bits per heavy atom. The van der Waals surface area contributed by atoms with E-state index >= 15 is 0 Å². The standard InChI is InChI=1S/C24H25NO4S/c1-27-20-8-10-21(11-9-20)29-16-19(26)17-30-15-12-18-4-2-6-23-22(18)5-3-7-24(23)28-14-13-25/h2-11,19,26H,12,14-17H2,1H3. The van der Waals surface area contributed by atoms with Crippen LogP contribution in [0.5, 0.6) is 17.2 Å². The lowest BCUT2D eigenvalue weighted by molar-refractivity contribution is 0.126. The molecule has 1 unspecified atom stereocenters. The Morgan fingerprint density at radius 3 is 2.47 bits per heavy atom. The Balaban J connectivity index is 1.46. The van der Waals surface area contributed by atoms with Crippen molar-refractivity contribution in [2.24, 2.45) is 0 Å². The Labute approximate surface area is 181 Å². The molecule has 0 amide bonds. The Kier molecular flexibility index (Phi) is 8.25. The average molecular weight is 424 g/mol.